The number of carboxylic acid groups (broad SMARTS) is 1. The molecule has 1 aliphatic heterocycles. The van der Waals surface area contributed by atoms with Gasteiger partial charge in [0.2, 0.25) is 5.91 Å². The van der Waals surface area contributed by atoms with Crippen LogP contribution in [0.3, 0.4) is 0 Å². The molecule has 0 saturated carbocycles. The average molecular weight is 244 g/mol. The highest BCUT2D eigenvalue weighted by Gasteiger charge is 2.42. The lowest BCUT2D eigenvalue weighted by Crippen LogP contribution is -2.61. The first kappa shape index (κ1) is 13.9. The van der Waals surface area contributed by atoms with E-state index in [1.165, 1.54) is 0 Å². The minimum atomic E-state index is -1.22. The van der Waals surface area contributed by atoms with Gasteiger partial charge in [0, 0.05) is 26.1 Å². The van der Waals surface area contributed by atoms with Gasteiger partial charge in [0.15, 0.2) is 0 Å². The number of hydrogen-bond donors (Lipinski definition) is 3. The topological polar surface area (TPSA) is 102 Å². The van der Waals surface area contributed by atoms with Gasteiger partial charge < -0.3 is 20.9 Å². The average Bonchev–Trinajstić information content (AvgIpc) is 2.28. The Morgan fingerprint density at radius 1 is 1.35 bits per heavy atom. The zero-order valence-corrected chi connectivity index (χ0v) is 10.2. The maximum absolute atomic E-state index is 11.8. The molecule has 6 heteroatoms. The summed E-state index contributed by atoms with van der Waals surface area (Å²) < 4.78 is 5.12. The molecule has 1 amide bonds. The van der Waals surface area contributed by atoms with E-state index in [9.17, 15) is 14.7 Å². The summed E-state index contributed by atoms with van der Waals surface area (Å²) in [5, 5.41) is 11.8. The van der Waals surface area contributed by atoms with Crippen LogP contribution in [-0.4, -0.2) is 41.8 Å². The fraction of sp³-hybridized carbons (Fsp3) is 0.818. The SMILES string of the molecule is CC(C)[C@@H](N)C(=O)NC1(C(=O)O)CCOCC1. The van der Waals surface area contributed by atoms with Crippen molar-refractivity contribution in [2.24, 2.45) is 11.7 Å². The molecule has 0 spiro atoms. The predicted molar refractivity (Wildman–Crippen MR) is 61.4 cm³/mol. The standard InChI is InChI=1S/C11H20N2O4/c1-7(2)8(12)9(14)13-11(10(15)16)3-5-17-6-4-11/h7-8H,3-6,12H2,1-2H3,(H,13,14)(H,15,16)/t8-/m1/s1. The Balaban J connectivity index is 2.73. The van der Waals surface area contributed by atoms with Crippen LogP contribution in [0.15, 0.2) is 0 Å². The highest BCUT2D eigenvalue weighted by Crippen LogP contribution is 2.21. The van der Waals surface area contributed by atoms with Crippen LogP contribution in [0.4, 0.5) is 0 Å². The lowest BCUT2D eigenvalue weighted by Gasteiger charge is -2.35. The smallest absolute Gasteiger partial charge is 0.329 e. The summed E-state index contributed by atoms with van der Waals surface area (Å²) in [5.41, 5.74) is 4.48. The number of carbonyl (C=O) groups excluding carboxylic acids is 1. The van der Waals surface area contributed by atoms with Gasteiger partial charge in [0.25, 0.3) is 0 Å². The molecular formula is C11H20N2O4. The molecule has 17 heavy (non-hydrogen) atoms. The van der Waals surface area contributed by atoms with Crippen molar-refractivity contribution in [3.05, 3.63) is 0 Å². The Hall–Kier alpha value is -1.14. The van der Waals surface area contributed by atoms with Crippen molar-refractivity contribution < 1.29 is 19.4 Å². The third-order valence-electron chi connectivity index (χ3n) is 3.14. The van der Waals surface area contributed by atoms with Crippen LogP contribution in [-0.2, 0) is 14.3 Å². The first-order valence-corrected chi connectivity index (χ1v) is 5.78. The van der Waals surface area contributed by atoms with Crippen molar-refractivity contribution in [3.8, 4) is 0 Å². The van der Waals surface area contributed by atoms with Crippen LogP contribution in [0.1, 0.15) is 26.7 Å². The van der Waals surface area contributed by atoms with Gasteiger partial charge >= 0.3 is 5.97 Å². The molecule has 1 aliphatic rings. The second kappa shape index (κ2) is 5.46. The van der Waals surface area contributed by atoms with Gasteiger partial charge in [-0.1, -0.05) is 13.8 Å². The number of nitrogens with one attached hydrogen (secondary N) is 1. The zero-order chi connectivity index (χ0) is 13.1. The van der Waals surface area contributed by atoms with Crippen LogP contribution in [0.5, 0.6) is 0 Å². The molecule has 98 valence electrons. The maximum Gasteiger partial charge on any atom is 0.329 e. The van der Waals surface area contributed by atoms with E-state index in [1.807, 2.05) is 13.8 Å². The van der Waals surface area contributed by atoms with Crippen LogP contribution in [0, 0.1) is 5.92 Å². The lowest BCUT2D eigenvalue weighted by molar-refractivity contribution is -0.152. The van der Waals surface area contributed by atoms with Crippen molar-refractivity contribution in [3.63, 3.8) is 0 Å². The van der Waals surface area contributed by atoms with E-state index in [2.05, 4.69) is 5.32 Å². The normalized spacial score (nSPS) is 20.9. The molecule has 0 aromatic heterocycles. The number of aliphatic carboxylic acids is 1. The number of carbonyl (C=O) groups is 2. The van der Waals surface area contributed by atoms with Crippen molar-refractivity contribution in [1.29, 1.82) is 0 Å². The summed E-state index contributed by atoms with van der Waals surface area (Å²) in [6, 6.07) is -0.686. The van der Waals surface area contributed by atoms with E-state index >= 15 is 0 Å². The second-order valence-electron chi connectivity index (χ2n) is 4.76. The molecular weight excluding hydrogens is 224 g/mol. The molecule has 0 aromatic rings. The molecule has 1 rings (SSSR count). The molecule has 0 unspecified atom stereocenters. The zero-order valence-electron chi connectivity index (χ0n) is 10.2. The number of nitrogens with two attached hydrogens (primary N) is 1. The quantitative estimate of drug-likeness (QED) is 0.631. The largest absolute Gasteiger partial charge is 0.480 e. The molecule has 1 saturated heterocycles. The molecule has 1 atom stereocenters. The molecule has 0 aromatic carbocycles. The molecule has 0 bridgehead atoms. The summed E-state index contributed by atoms with van der Waals surface area (Å²) in [6.45, 7) is 4.32. The Morgan fingerprint density at radius 2 is 1.88 bits per heavy atom. The van der Waals surface area contributed by atoms with Gasteiger partial charge in [-0.2, -0.15) is 0 Å². The number of amides is 1. The summed E-state index contributed by atoms with van der Waals surface area (Å²) in [5.74, 6) is -1.46. The molecule has 0 radical (unpaired) electrons. The fourth-order valence-corrected chi connectivity index (χ4v) is 1.73. The Labute approximate surface area is 101 Å². The Kier molecular flexibility index (Phi) is 4.47. The van der Waals surface area contributed by atoms with E-state index in [1.54, 1.807) is 0 Å². The molecule has 0 aliphatic carbocycles. The third-order valence-corrected chi connectivity index (χ3v) is 3.14. The van der Waals surface area contributed by atoms with Gasteiger partial charge in [-0.15, -0.1) is 0 Å². The highest BCUT2D eigenvalue weighted by atomic mass is 16.5. The van der Waals surface area contributed by atoms with E-state index in [0.29, 0.717) is 13.2 Å². The Morgan fingerprint density at radius 3 is 2.29 bits per heavy atom. The third kappa shape index (κ3) is 3.17. The first-order valence-electron chi connectivity index (χ1n) is 5.78. The monoisotopic (exact) mass is 244 g/mol. The number of rotatable bonds is 4. The van der Waals surface area contributed by atoms with Gasteiger partial charge in [-0.05, 0) is 5.92 Å². The van der Waals surface area contributed by atoms with E-state index in [-0.39, 0.29) is 18.8 Å². The van der Waals surface area contributed by atoms with Gasteiger partial charge in [-0.3, -0.25) is 4.79 Å². The van der Waals surface area contributed by atoms with Crippen LogP contribution < -0.4 is 11.1 Å². The summed E-state index contributed by atoms with van der Waals surface area (Å²) in [7, 11) is 0. The number of hydrogen-bond acceptors (Lipinski definition) is 4. The fourth-order valence-electron chi connectivity index (χ4n) is 1.73. The molecule has 1 heterocycles. The lowest BCUT2D eigenvalue weighted by atomic mass is 9.89. The minimum Gasteiger partial charge on any atom is -0.480 e. The van der Waals surface area contributed by atoms with Gasteiger partial charge in [0.05, 0.1) is 6.04 Å². The molecule has 4 N–H and O–H groups in total. The summed E-state index contributed by atoms with van der Waals surface area (Å²) >= 11 is 0. The highest BCUT2D eigenvalue weighted by molar-refractivity contribution is 5.89. The minimum absolute atomic E-state index is 0.0271. The van der Waals surface area contributed by atoms with Crippen LogP contribution >= 0.6 is 0 Å². The first-order chi connectivity index (χ1) is 7.89. The van der Waals surface area contributed by atoms with Gasteiger partial charge in [-0.25, -0.2) is 4.79 Å². The van der Waals surface area contributed by atoms with E-state index < -0.39 is 23.5 Å². The molecule has 1 fully saturated rings. The van der Waals surface area contributed by atoms with E-state index in [0.717, 1.165) is 0 Å². The van der Waals surface area contributed by atoms with Crippen LogP contribution in [0.2, 0.25) is 0 Å². The number of ether oxygens (including phenoxy) is 1. The summed E-state index contributed by atoms with van der Waals surface area (Å²) in [6.07, 6.45) is 0.553. The maximum atomic E-state index is 11.8. The predicted octanol–water partition coefficient (Wildman–Crippen LogP) is -0.280. The van der Waals surface area contributed by atoms with E-state index in [4.69, 9.17) is 10.5 Å². The Bertz CT molecular complexity index is 298. The summed E-state index contributed by atoms with van der Waals surface area (Å²) in [4.78, 5) is 23.1. The van der Waals surface area contributed by atoms with Crippen LogP contribution in [0.25, 0.3) is 0 Å². The van der Waals surface area contributed by atoms with Gasteiger partial charge in [0.1, 0.15) is 5.54 Å². The second-order valence-corrected chi connectivity index (χ2v) is 4.76. The van der Waals surface area contributed by atoms with Crippen molar-refractivity contribution in [2.75, 3.05) is 13.2 Å². The van der Waals surface area contributed by atoms with Crippen molar-refractivity contribution >= 4 is 11.9 Å². The van der Waals surface area contributed by atoms with Crippen molar-refractivity contribution in [2.45, 2.75) is 38.3 Å². The van der Waals surface area contributed by atoms with Crippen molar-refractivity contribution in [1.82, 2.24) is 5.32 Å². The molecule has 6 nitrogen and oxygen atoms in total. The number of carboxylic acids is 1.